The third-order valence-corrected chi connectivity index (χ3v) is 4.05. The Morgan fingerprint density at radius 3 is 2.57 bits per heavy atom. The number of carbonyl (C=O) groups excluding carboxylic acids is 1. The largest absolute Gasteiger partial charge is 0.369 e. The van der Waals surface area contributed by atoms with E-state index in [0.717, 1.165) is 38.4 Å². The van der Waals surface area contributed by atoms with Crippen LogP contribution in [0.15, 0.2) is 48.8 Å². The molecule has 23 heavy (non-hydrogen) atoms. The highest BCUT2D eigenvalue weighted by Gasteiger charge is 2.17. The van der Waals surface area contributed by atoms with E-state index in [0.29, 0.717) is 0 Å². The highest BCUT2D eigenvalue weighted by Crippen LogP contribution is 2.17. The third-order valence-electron chi connectivity index (χ3n) is 4.05. The Balaban J connectivity index is 1.55. The van der Waals surface area contributed by atoms with E-state index in [9.17, 15) is 4.79 Å². The smallest absolute Gasteiger partial charge is 0.221 e. The second-order valence-corrected chi connectivity index (χ2v) is 5.85. The first kappa shape index (κ1) is 15.5. The van der Waals surface area contributed by atoms with Crippen LogP contribution in [0.5, 0.6) is 0 Å². The van der Waals surface area contributed by atoms with Gasteiger partial charge in [-0.2, -0.15) is 0 Å². The molecule has 0 radical (unpaired) electrons. The Morgan fingerprint density at radius 1 is 1.13 bits per heavy atom. The number of nitrogens with zero attached hydrogens (tertiary/aromatic N) is 3. The molecular weight excluding hydrogens is 288 g/mol. The lowest BCUT2D eigenvalue weighted by molar-refractivity contribution is -0.114. The number of aromatic nitrogens is 1. The van der Waals surface area contributed by atoms with Gasteiger partial charge in [0.25, 0.3) is 0 Å². The van der Waals surface area contributed by atoms with E-state index >= 15 is 0 Å². The molecule has 3 rings (SSSR count). The minimum atomic E-state index is -0.0342. The predicted molar refractivity (Wildman–Crippen MR) is 92.5 cm³/mol. The molecule has 5 nitrogen and oxygen atoms in total. The lowest BCUT2D eigenvalue weighted by atomic mass is 10.1. The van der Waals surface area contributed by atoms with Crippen molar-refractivity contribution >= 4 is 17.3 Å². The molecule has 2 aromatic rings. The van der Waals surface area contributed by atoms with Crippen LogP contribution in [0.2, 0.25) is 0 Å². The van der Waals surface area contributed by atoms with Crippen LogP contribution in [0.1, 0.15) is 12.5 Å². The van der Waals surface area contributed by atoms with Gasteiger partial charge in [0, 0.05) is 63.4 Å². The summed E-state index contributed by atoms with van der Waals surface area (Å²) in [6.45, 7) is 6.56. The fourth-order valence-electron chi connectivity index (χ4n) is 2.93. The number of nitrogens with one attached hydrogen (secondary N) is 1. The first-order valence-electron chi connectivity index (χ1n) is 7.94. The zero-order valence-electron chi connectivity index (χ0n) is 13.4. The third kappa shape index (κ3) is 4.29. The van der Waals surface area contributed by atoms with E-state index in [1.807, 2.05) is 24.5 Å². The molecule has 0 aliphatic carbocycles. The van der Waals surface area contributed by atoms with Gasteiger partial charge in [-0.05, 0) is 29.8 Å². The number of hydrogen-bond acceptors (Lipinski definition) is 4. The van der Waals surface area contributed by atoms with Crippen molar-refractivity contribution in [2.24, 2.45) is 0 Å². The molecule has 1 amide bonds. The molecule has 0 atom stereocenters. The van der Waals surface area contributed by atoms with E-state index < -0.39 is 0 Å². The number of anilines is 2. The Bertz CT molecular complexity index is 651. The summed E-state index contributed by atoms with van der Waals surface area (Å²) >= 11 is 0. The number of carbonyl (C=O) groups is 1. The molecule has 1 aromatic carbocycles. The van der Waals surface area contributed by atoms with Gasteiger partial charge >= 0.3 is 0 Å². The van der Waals surface area contributed by atoms with Crippen LogP contribution in [-0.4, -0.2) is 42.0 Å². The summed E-state index contributed by atoms with van der Waals surface area (Å²) in [5.41, 5.74) is 3.34. The van der Waals surface area contributed by atoms with Crippen LogP contribution in [0.3, 0.4) is 0 Å². The van der Waals surface area contributed by atoms with E-state index in [1.165, 1.54) is 18.2 Å². The maximum Gasteiger partial charge on any atom is 0.221 e. The molecule has 5 heteroatoms. The van der Waals surface area contributed by atoms with Gasteiger partial charge in [-0.1, -0.05) is 12.1 Å². The average Bonchev–Trinajstić information content (AvgIpc) is 2.56. The van der Waals surface area contributed by atoms with Gasteiger partial charge in [-0.3, -0.25) is 14.7 Å². The van der Waals surface area contributed by atoms with Crippen LogP contribution < -0.4 is 10.2 Å². The highest BCUT2D eigenvalue weighted by atomic mass is 16.1. The van der Waals surface area contributed by atoms with Gasteiger partial charge in [0.05, 0.1) is 0 Å². The zero-order valence-corrected chi connectivity index (χ0v) is 13.4. The van der Waals surface area contributed by atoms with Crippen molar-refractivity contribution in [2.45, 2.75) is 13.5 Å². The van der Waals surface area contributed by atoms with Crippen molar-refractivity contribution < 1.29 is 4.79 Å². The van der Waals surface area contributed by atoms with Crippen molar-refractivity contribution in [3.05, 3.63) is 54.4 Å². The van der Waals surface area contributed by atoms with Crippen LogP contribution in [-0.2, 0) is 11.3 Å². The minimum Gasteiger partial charge on any atom is -0.369 e. The van der Waals surface area contributed by atoms with Gasteiger partial charge in [0.1, 0.15) is 0 Å². The molecule has 1 aliphatic heterocycles. The maximum absolute atomic E-state index is 11.2. The lowest BCUT2D eigenvalue weighted by Crippen LogP contribution is -2.45. The maximum atomic E-state index is 11.2. The fourth-order valence-corrected chi connectivity index (χ4v) is 2.93. The van der Waals surface area contributed by atoms with Gasteiger partial charge in [0.15, 0.2) is 0 Å². The van der Waals surface area contributed by atoms with Crippen molar-refractivity contribution in [3.63, 3.8) is 0 Å². The molecule has 1 aliphatic rings. The number of amides is 1. The molecule has 120 valence electrons. The fraction of sp³-hybridized carbons (Fsp3) is 0.333. The molecule has 1 aromatic heterocycles. The quantitative estimate of drug-likeness (QED) is 0.942. The second-order valence-electron chi connectivity index (χ2n) is 5.85. The number of benzene rings is 1. The summed E-state index contributed by atoms with van der Waals surface area (Å²) in [5, 5.41) is 2.84. The Kier molecular flexibility index (Phi) is 4.88. The first-order valence-corrected chi connectivity index (χ1v) is 7.94. The van der Waals surface area contributed by atoms with Crippen LogP contribution in [0, 0.1) is 0 Å². The van der Waals surface area contributed by atoms with E-state index in [-0.39, 0.29) is 5.91 Å². The van der Waals surface area contributed by atoms with Gasteiger partial charge in [0.2, 0.25) is 5.91 Å². The van der Waals surface area contributed by atoms with Crippen molar-refractivity contribution in [3.8, 4) is 0 Å². The van der Waals surface area contributed by atoms with Crippen molar-refractivity contribution in [1.29, 1.82) is 0 Å². The lowest BCUT2D eigenvalue weighted by Gasteiger charge is -2.36. The van der Waals surface area contributed by atoms with Crippen LogP contribution in [0.25, 0.3) is 0 Å². The van der Waals surface area contributed by atoms with Crippen LogP contribution >= 0.6 is 0 Å². The topological polar surface area (TPSA) is 48.5 Å². The van der Waals surface area contributed by atoms with E-state index in [1.54, 1.807) is 0 Å². The first-order chi connectivity index (χ1) is 11.2. The normalized spacial score (nSPS) is 15.4. The van der Waals surface area contributed by atoms with Crippen LogP contribution in [0.4, 0.5) is 11.4 Å². The highest BCUT2D eigenvalue weighted by molar-refractivity contribution is 5.88. The standard InChI is InChI=1S/C18H22N4O/c1-15(23)20-17-4-2-3-16(13-17)14-21-9-11-22(12-10-21)18-5-7-19-8-6-18/h2-8,13H,9-12,14H2,1H3,(H,20,23). The SMILES string of the molecule is CC(=O)Nc1cccc(CN2CCN(c3ccncc3)CC2)c1. The Hall–Kier alpha value is -2.40. The number of pyridine rings is 1. The van der Waals surface area contributed by atoms with Gasteiger partial charge in [-0.15, -0.1) is 0 Å². The van der Waals surface area contributed by atoms with E-state index in [4.69, 9.17) is 0 Å². The molecule has 0 unspecified atom stereocenters. The number of hydrogen-bond donors (Lipinski definition) is 1. The van der Waals surface area contributed by atoms with E-state index in [2.05, 4.69) is 44.4 Å². The summed E-state index contributed by atoms with van der Waals surface area (Å²) in [7, 11) is 0. The number of piperazine rings is 1. The summed E-state index contributed by atoms with van der Waals surface area (Å²) in [6, 6.07) is 12.2. The Morgan fingerprint density at radius 2 is 1.87 bits per heavy atom. The summed E-state index contributed by atoms with van der Waals surface area (Å²) in [4.78, 5) is 20.1. The molecule has 1 saturated heterocycles. The summed E-state index contributed by atoms with van der Waals surface area (Å²) < 4.78 is 0. The molecule has 2 heterocycles. The molecule has 0 bridgehead atoms. The molecule has 1 N–H and O–H groups in total. The molecule has 1 fully saturated rings. The Labute approximate surface area is 136 Å². The monoisotopic (exact) mass is 310 g/mol. The average molecular weight is 310 g/mol. The summed E-state index contributed by atoms with van der Waals surface area (Å²) in [6.07, 6.45) is 3.68. The predicted octanol–water partition coefficient (Wildman–Crippen LogP) is 2.36. The zero-order chi connectivity index (χ0) is 16.1. The molecule has 0 saturated carbocycles. The van der Waals surface area contributed by atoms with Gasteiger partial charge < -0.3 is 10.2 Å². The molecular formula is C18H22N4O. The van der Waals surface area contributed by atoms with Gasteiger partial charge in [-0.25, -0.2) is 0 Å². The minimum absolute atomic E-state index is 0.0342. The molecule has 0 spiro atoms. The number of rotatable bonds is 4. The van der Waals surface area contributed by atoms with Crippen molar-refractivity contribution in [2.75, 3.05) is 36.4 Å². The van der Waals surface area contributed by atoms with Crippen molar-refractivity contribution in [1.82, 2.24) is 9.88 Å². The second kappa shape index (κ2) is 7.24. The summed E-state index contributed by atoms with van der Waals surface area (Å²) in [5.74, 6) is -0.0342.